The zero-order valence-corrected chi connectivity index (χ0v) is 11.3. The van der Waals surface area contributed by atoms with E-state index in [1.807, 2.05) is 12.1 Å². The summed E-state index contributed by atoms with van der Waals surface area (Å²) in [6.07, 6.45) is 1.87. The molecule has 3 nitrogen and oxygen atoms in total. The highest BCUT2D eigenvalue weighted by Crippen LogP contribution is 2.21. The molecule has 0 atom stereocenters. The summed E-state index contributed by atoms with van der Waals surface area (Å²) in [5.74, 6) is 0. The monoisotopic (exact) mass is 252 g/mol. The molecule has 2 N–H and O–H groups in total. The minimum absolute atomic E-state index is 0.206. The molecule has 0 unspecified atom stereocenters. The third kappa shape index (κ3) is 5.31. The number of hydrogen-bond donors (Lipinski definition) is 2. The third-order valence-electron chi connectivity index (χ3n) is 2.69. The quantitative estimate of drug-likeness (QED) is 0.784. The van der Waals surface area contributed by atoms with Gasteiger partial charge >= 0.3 is 0 Å². The summed E-state index contributed by atoms with van der Waals surface area (Å²) in [6.45, 7) is 6.40. The number of nitriles is 1. The van der Waals surface area contributed by atoms with Crippen molar-refractivity contribution >= 4 is 11.3 Å². The molecule has 0 radical (unpaired) electrons. The topological polar surface area (TPSA) is 56.0 Å². The number of aliphatic hydroxyl groups excluding tert-OH is 1. The molecule has 1 heterocycles. The smallest absolute Gasteiger partial charge is 0.110 e. The Morgan fingerprint density at radius 2 is 2.24 bits per heavy atom. The van der Waals surface area contributed by atoms with Crippen molar-refractivity contribution in [2.75, 3.05) is 13.2 Å². The fraction of sp³-hybridized carbons (Fsp3) is 0.615. The van der Waals surface area contributed by atoms with E-state index in [9.17, 15) is 0 Å². The first kappa shape index (κ1) is 14.2. The van der Waals surface area contributed by atoms with Gasteiger partial charge in [0.1, 0.15) is 10.9 Å². The van der Waals surface area contributed by atoms with Gasteiger partial charge in [-0.05, 0) is 30.4 Å². The minimum atomic E-state index is 0.206. The molecule has 0 spiro atoms. The van der Waals surface area contributed by atoms with Gasteiger partial charge in [0.2, 0.25) is 0 Å². The van der Waals surface area contributed by atoms with Crippen molar-refractivity contribution in [3.05, 3.63) is 21.9 Å². The highest BCUT2D eigenvalue weighted by atomic mass is 32.1. The van der Waals surface area contributed by atoms with Gasteiger partial charge in [-0.1, -0.05) is 13.8 Å². The first-order valence-corrected chi connectivity index (χ1v) is 6.69. The molecule has 0 aliphatic carbocycles. The van der Waals surface area contributed by atoms with Crippen LogP contribution >= 0.6 is 11.3 Å². The Morgan fingerprint density at radius 3 is 2.82 bits per heavy atom. The van der Waals surface area contributed by atoms with Crippen molar-refractivity contribution in [1.82, 2.24) is 5.32 Å². The number of hydrogen-bond acceptors (Lipinski definition) is 4. The molecule has 17 heavy (non-hydrogen) atoms. The lowest BCUT2D eigenvalue weighted by atomic mass is 9.88. The third-order valence-corrected chi connectivity index (χ3v) is 3.68. The minimum Gasteiger partial charge on any atom is -0.396 e. The molecule has 0 aliphatic heterocycles. The van der Waals surface area contributed by atoms with Crippen LogP contribution in [0.25, 0.3) is 0 Å². The van der Waals surface area contributed by atoms with E-state index in [4.69, 9.17) is 10.4 Å². The maximum Gasteiger partial charge on any atom is 0.110 e. The highest BCUT2D eigenvalue weighted by Gasteiger charge is 2.16. The summed E-state index contributed by atoms with van der Waals surface area (Å²) in [7, 11) is 0. The van der Waals surface area contributed by atoms with Crippen LogP contribution in [0.1, 0.15) is 36.4 Å². The summed E-state index contributed by atoms with van der Waals surface area (Å²) in [5, 5.41) is 20.9. The van der Waals surface area contributed by atoms with Crippen LogP contribution in [0.15, 0.2) is 12.1 Å². The molecular formula is C13H20N2OS. The van der Waals surface area contributed by atoms with Gasteiger partial charge in [-0.25, -0.2) is 0 Å². The van der Waals surface area contributed by atoms with E-state index in [1.165, 1.54) is 16.2 Å². The molecule has 0 amide bonds. The van der Waals surface area contributed by atoms with Crippen molar-refractivity contribution in [1.29, 1.82) is 5.26 Å². The van der Waals surface area contributed by atoms with Crippen molar-refractivity contribution in [2.45, 2.75) is 33.2 Å². The van der Waals surface area contributed by atoms with Crippen molar-refractivity contribution in [2.24, 2.45) is 5.41 Å². The summed E-state index contributed by atoms with van der Waals surface area (Å²) in [6, 6.07) is 6.00. The van der Waals surface area contributed by atoms with Crippen molar-refractivity contribution in [3.63, 3.8) is 0 Å². The van der Waals surface area contributed by atoms with E-state index in [1.54, 1.807) is 0 Å². The second kappa shape index (κ2) is 6.75. The number of thiophene rings is 1. The summed E-state index contributed by atoms with van der Waals surface area (Å²) in [4.78, 5) is 1.96. The first-order valence-electron chi connectivity index (χ1n) is 5.88. The Bertz CT molecular complexity index is 379. The second-order valence-electron chi connectivity index (χ2n) is 4.97. The summed E-state index contributed by atoms with van der Waals surface area (Å²) < 4.78 is 0. The number of nitrogens with zero attached hydrogens (tertiary/aromatic N) is 1. The lowest BCUT2D eigenvalue weighted by Gasteiger charge is -2.24. The predicted molar refractivity (Wildman–Crippen MR) is 70.8 cm³/mol. The Hall–Kier alpha value is -0.890. The Labute approximate surface area is 107 Å². The molecule has 0 fully saturated rings. The van der Waals surface area contributed by atoms with Crippen LogP contribution in [0.3, 0.4) is 0 Å². The van der Waals surface area contributed by atoms with Gasteiger partial charge in [0.15, 0.2) is 0 Å². The molecule has 0 aromatic carbocycles. The van der Waals surface area contributed by atoms with Gasteiger partial charge in [0.05, 0.1) is 0 Å². The second-order valence-corrected chi connectivity index (χ2v) is 6.14. The summed E-state index contributed by atoms with van der Waals surface area (Å²) >= 11 is 1.54. The summed E-state index contributed by atoms with van der Waals surface area (Å²) in [5.41, 5.74) is 0.206. The van der Waals surface area contributed by atoms with Gasteiger partial charge in [-0.2, -0.15) is 5.26 Å². The van der Waals surface area contributed by atoms with Crippen LogP contribution in [-0.2, 0) is 6.54 Å². The van der Waals surface area contributed by atoms with Crippen LogP contribution < -0.4 is 5.32 Å². The van der Waals surface area contributed by atoms with E-state index in [2.05, 4.69) is 25.2 Å². The molecule has 0 saturated carbocycles. The molecule has 1 aromatic heterocycles. The molecule has 0 bridgehead atoms. The average Bonchev–Trinajstić information content (AvgIpc) is 2.74. The van der Waals surface area contributed by atoms with E-state index in [0.717, 1.165) is 30.8 Å². The van der Waals surface area contributed by atoms with Crippen molar-refractivity contribution in [3.8, 4) is 6.07 Å². The largest absolute Gasteiger partial charge is 0.396 e. The number of rotatable bonds is 7. The predicted octanol–water partition coefficient (Wildman–Crippen LogP) is 2.51. The maximum atomic E-state index is 8.81. The van der Waals surface area contributed by atoms with Crippen LogP contribution in [-0.4, -0.2) is 18.3 Å². The maximum absolute atomic E-state index is 8.81. The van der Waals surface area contributed by atoms with Gasteiger partial charge in [0, 0.05) is 24.6 Å². The van der Waals surface area contributed by atoms with Gasteiger partial charge in [-0.15, -0.1) is 11.3 Å². The molecular weight excluding hydrogens is 232 g/mol. The van der Waals surface area contributed by atoms with E-state index < -0.39 is 0 Å². The standard InChI is InChI=1S/C13H20N2OS/c1-13(2,6-3-7-16)10-15-9-12-5-4-11(8-14)17-12/h4-5,15-16H,3,6-7,9-10H2,1-2H3. The lowest BCUT2D eigenvalue weighted by molar-refractivity contribution is 0.236. The Balaban J connectivity index is 2.29. The van der Waals surface area contributed by atoms with Crippen molar-refractivity contribution < 1.29 is 5.11 Å². The van der Waals surface area contributed by atoms with Gasteiger partial charge < -0.3 is 10.4 Å². The van der Waals surface area contributed by atoms with Crippen LogP contribution in [0, 0.1) is 16.7 Å². The lowest BCUT2D eigenvalue weighted by Crippen LogP contribution is -2.29. The highest BCUT2D eigenvalue weighted by molar-refractivity contribution is 7.12. The normalized spacial score (nSPS) is 11.4. The zero-order valence-electron chi connectivity index (χ0n) is 10.5. The molecule has 0 saturated heterocycles. The van der Waals surface area contributed by atoms with Gasteiger partial charge in [0.25, 0.3) is 0 Å². The zero-order chi connectivity index (χ0) is 12.7. The Morgan fingerprint density at radius 1 is 1.47 bits per heavy atom. The van der Waals surface area contributed by atoms with E-state index >= 15 is 0 Å². The first-order chi connectivity index (χ1) is 8.07. The average molecular weight is 252 g/mol. The molecule has 1 rings (SSSR count). The molecule has 94 valence electrons. The molecule has 4 heteroatoms. The van der Waals surface area contributed by atoms with Crippen LogP contribution in [0.5, 0.6) is 0 Å². The molecule has 0 aliphatic rings. The van der Waals surface area contributed by atoms with E-state index in [-0.39, 0.29) is 12.0 Å². The van der Waals surface area contributed by atoms with E-state index in [0.29, 0.717) is 0 Å². The van der Waals surface area contributed by atoms with Crippen LogP contribution in [0.4, 0.5) is 0 Å². The SMILES string of the molecule is CC(C)(CCCO)CNCc1ccc(C#N)s1. The molecule has 1 aromatic rings. The fourth-order valence-corrected chi connectivity index (χ4v) is 2.48. The number of nitrogens with one attached hydrogen (secondary N) is 1. The number of aliphatic hydroxyl groups is 1. The van der Waals surface area contributed by atoms with Gasteiger partial charge in [-0.3, -0.25) is 0 Å². The Kier molecular flexibility index (Phi) is 5.63. The van der Waals surface area contributed by atoms with Crippen LogP contribution in [0.2, 0.25) is 0 Å². The fourth-order valence-electron chi connectivity index (χ4n) is 1.70.